The Hall–Kier alpha value is -1.22. The number of aliphatic carboxylic acids is 1. The van der Waals surface area contributed by atoms with Gasteiger partial charge in [-0.3, -0.25) is 4.79 Å². The molecule has 0 spiro atoms. The van der Waals surface area contributed by atoms with E-state index >= 15 is 0 Å². The molecular formula is C15H11F16N2NaO3. The monoisotopic (exact) mass is 594 g/mol. The Balaban J connectivity index is 0.0000130. The first-order valence-corrected chi connectivity index (χ1v) is 9.02. The van der Waals surface area contributed by atoms with Crippen LogP contribution in [0.25, 0.3) is 0 Å². The molecule has 37 heavy (non-hydrogen) atoms. The third-order valence-electron chi connectivity index (χ3n) is 5.01. The molecule has 0 aromatic rings. The van der Waals surface area contributed by atoms with Gasteiger partial charge >= 0.3 is 76.9 Å². The molecule has 1 amide bonds. The number of amides is 1. The van der Waals surface area contributed by atoms with Crippen LogP contribution in [0.1, 0.15) is 25.7 Å². The van der Waals surface area contributed by atoms with Crippen molar-refractivity contribution in [2.75, 3.05) is 6.54 Å². The topological polar surface area (TPSA) is 72.5 Å². The Bertz CT molecular complexity index is 869. The minimum atomic E-state index is -8.60. The molecule has 5 nitrogen and oxygen atoms in total. The first-order valence-electron chi connectivity index (χ1n) is 9.02. The van der Waals surface area contributed by atoms with Crippen molar-refractivity contribution in [1.82, 2.24) is 10.4 Å². The van der Waals surface area contributed by atoms with Crippen LogP contribution in [0.4, 0.5) is 70.3 Å². The van der Waals surface area contributed by atoms with Crippen LogP contribution >= 0.6 is 0 Å². The molecule has 1 aliphatic heterocycles. The van der Waals surface area contributed by atoms with Crippen molar-refractivity contribution in [3.05, 3.63) is 0 Å². The minimum absolute atomic E-state index is 0. The van der Waals surface area contributed by atoms with Crippen LogP contribution in [0, 0.1) is 0 Å². The van der Waals surface area contributed by atoms with E-state index in [4.69, 9.17) is 0 Å². The maximum atomic E-state index is 14.8. The normalized spacial score (nSPS) is 27.8. The summed E-state index contributed by atoms with van der Waals surface area (Å²) in [6.07, 6.45) is -9.90. The fraction of sp³-hybridized carbons (Fsp3) is 0.867. The molecule has 0 bridgehead atoms. The second-order valence-corrected chi connectivity index (χ2v) is 7.34. The molecule has 0 radical (unpaired) electrons. The molecule has 1 rings (SSSR count). The summed E-state index contributed by atoms with van der Waals surface area (Å²) >= 11 is 0. The van der Waals surface area contributed by atoms with Crippen molar-refractivity contribution in [1.29, 1.82) is 0 Å². The molecular weight excluding hydrogens is 583 g/mol. The second kappa shape index (κ2) is 10.4. The molecule has 212 valence electrons. The zero-order valence-corrected chi connectivity index (χ0v) is 19.8. The van der Waals surface area contributed by atoms with Gasteiger partial charge in [-0.1, -0.05) is 6.42 Å². The van der Waals surface area contributed by atoms with Crippen LogP contribution in [-0.4, -0.2) is 70.9 Å². The molecule has 2 unspecified atom stereocenters. The standard InChI is InChI=1S/C15H12F16N2O3.Na/c16-8(17,7(36)32-5-3-1-2-4-6(34)35)10(19,20)9(18)11(21,22)12(23,24)15(29,30)33(31)13(9,25)14(26,27)28;/h1-5H2,(H,32,36)(H,34,35);/q;+1/p-1. The number of carboxylic acid groups (broad SMARTS) is 1. The van der Waals surface area contributed by atoms with Gasteiger partial charge in [0.2, 0.25) is 0 Å². The Morgan fingerprint density at radius 2 is 1.24 bits per heavy atom. The summed E-state index contributed by atoms with van der Waals surface area (Å²) in [5.41, 5.74) is -8.60. The summed E-state index contributed by atoms with van der Waals surface area (Å²) in [7, 11) is 0. The van der Waals surface area contributed by atoms with Crippen molar-refractivity contribution in [3.8, 4) is 0 Å². The molecule has 0 saturated carbocycles. The van der Waals surface area contributed by atoms with E-state index in [9.17, 15) is 85.0 Å². The zero-order chi connectivity index (χ0) is 29.0. The number of carboxylic acids is 1. The van der Waals surface area contributed by atoms with E-state index in [1.807, 2.05) is 0 Å². The van der Waals surface area contributed by atoms with E-state index < -0.39 is 83.8 Å². The third-order valence-corrected chi connectivity index (χ3v) is 5.01. The van der Waals surface area contributed by atoms with E-state index in [2.05, 4.69) is 0 Å². The van der Waals surface area contributed by atoms with E-state index in [0.29, 0.717) is 0 Å². The number of nitrogens with zero attached hydrogens (tertiary/aromatic N) is 1. The summed E-state index contributed by atoms with van der Waals surface area (Å²) in [6.45, 7) is -1.23. The molecule has 0 aliphatic carbocycles. The molecule has 1 saturated heterocycles. The van der Waals surface area contributed by atoms with Crippen LogP contribution in [0.5, 0.6) is 0 Å². The molecule has 0 aromatic heterocycles. The van der Waals surface area contributed by atoms with Gasteiger partial charge in [0.25, 0.3) is 5.91 Å². The second-order valence-electron chi connectivity index (χ2n) is 7.34. The van der Waals surface area contributed by atoms with Gasteiger partial charge in [-0.15, -0.1) is 4.48 Å². The van der Waals surface area contributed by atoms with Crippen molar-refractivity contribution in [3.63, 3.8) is 0 Å². The zero-order valence-electron chi connectivity index (χ0n) is 17.8. The predicted molar refractivity (Wildman–Crippen MR) is 77.9 cm³/mol. The number of piperidine rings is 1. The Kier molecular flexibility index (Phi) is 10.1. The van der Waals surface area contributed by atoms with Crippen LogP contribution in [0.15, 0.2) is 0 Å². The van der Waals surface area contributed by atoms with Crippen molar-refractivity contribution >= 4 is 11.9 Å². The van der Waals surface area contributed by atoms with Crippen LogP contribution in [0.3, 0.4) is 0 Å². The fourth-order valence-electron chi connectivity index (χ4n) is 3.02. The van der Waals surface area contributed by atoms with Crippen molar-refractivity contribution in [2.45, 2.75) is 73.1 Å². The maximum absolute atomic E-state index is 14.8. The van der Waals surface area contributed by atoms with Gasteiger partial charge in [-0.05, 0) is 24.4 Å². The number of halogens is 16. The van der Waals surface area contributed by atoms with Gasteiger partial charge < -0.3 is 15.2 Å². The van der Waals surface area contributed by atoms with Gasteiger partial charge in [-0.2, -0.15) is 57.1 Å². The largest absolute Gasteiger partial charge is 1.00 e. The van der Waals surface area contributed by atoms with Crippen LogP contribution in [-0.2, 0) is 9.59 Å². The molecule has 0 aromatic carbocycles. The first-order chi connectivity index (χ1) is 15.7. The predicted octanol–water partition coefficient (Wildman–Crippen LogP) is 0.687. The number of unbranched alkanes of at least 4 members (excludes halogenated alkanes) is 2. The first kappa shape index (κ1) is 35.8. The summed E-state index contributed by atoms with van der Waals surface area (Å²) < 4.78 is 220. The van der Waals surface area contributed by atoms with Crippen molar-refractivity contribution < 1.29 is 115 Å². The van der Waals surface area contributed by atoms with Gasteiger partial charge in [0.1, 0.15) is 0 Å². The molecule has 1 N–H and O–H groups in total. The van der Waals surface area contributed by atoms with Gasteiger partial charge in [0, 0.05) is 12.5 Å². The Morgan fingerprint density at radius 1 is 0.784 bits per heavy atom. The molecule has 2 atom stereocenters. The van der Waals surface area contributed by atoms with Gasteiger partial charge in [-0.25, -0.2) is 8.78 Å². The molecule has 1 aliphatic rings. The Labute approximate surface area is 216 Å². The summed E-state index contributed by atoms with van der Waals surface area (Å²) in [5.74, 6) is -45.7. The smallest absolute Gasteiger partial charge is 0.550 e. The van der Waals surface area contributed by atoms with Crippen LogP contribution in [0.2, 0.25) is 0 Å². The molecule has 22 heteroatoms. The van der Waals surface area contributed by atoms with Crippen molar-refractivity contribution in [2.24, 2.45) is 0 Å². The number of rotatable bonds is 9. The summed E-state index contributed by atoms with van der Waals surface area (Å²) in [4.78, 5) is 21.5. The number of hydrogen-bond acceptors (Lipinski definition) is 4. The minimum Gasteiger partial charge on any atom is -0.550 e. The molecule has 1 fully saturated rings. The van der Waals surface area contributed by atoms with E-state index in [1.54, 1.807) is 0 Å². The number of nitrogens with one attached hydrogen (secondary N) is 1. The third kappa shape index (κ3) is 4.74. The average molecular weight is 594 g/mol. The summed E-state index contributed by atoms with van der Waals surface area (Å²) in [5, 5.41) is 6.45. The SMILES string of the molecule is O=C([O-])CCCCCNC(=O)C(F)(F)C(F)(F)C1(F)C(F)(F)C(F)(F)C(F)(F)N(F)C1(F)C(F)(F)F.[Na+]. The summed E-state index contributed by atoms with van der Waals surface area (Å²) in [6, 6.07) is -7.74. The fourth-order valence-corrected chi connectivity index (χ4v) is 3.02. The van der Waals surface area contributed by atoms with Crippen LogP contribution < -0.4 is 40.0 Å². The average Bonchev–Trinajstić information content (AvgIpc) is 2.71. The number of carbonyl (C=O) groups excluding carboxylic acids is 2. The Morgan fingerprint density at radius 3 is 1.65 bits per heavy atom. The van der Waals surface area contributed by atoms with Gasteiger partial charge in [0.05, 0.1) is 0 Å². The van der Waals surface area contributed by atoms with E-state index in [0.717, 1.165) is 5.32 Å². The quantitative estimate of drug-likeness (QED) is 0.140. The van der Waals surface area contributed by atoms with E-state index in [-0.39, 0.29) is 42.4 Å². The number of carbonyl (C=O) groups is 2. The maximum Gasteiger partial charge on any atom is 1.00 e. The van der Waals surface area contributed by atoms with E-state index in [1.165, 1.54) is 0 Å². The number of hydrogen-bond donors (Lipinski definition) is 1. The van der Waals surface area contributed by atoms with Gasteiger partial charge in [0.15, 0.2) is 0 Å². The number of alkyl halides is 15. The molecule has 1 heterocycles.